The van der Waals surface area contributed by atoms with Crippen molar-refractivity contribution in [2.24, 2.45) is 0 Å². The molecule has 0 saturated heterocycles. The average molecular weight is 249 g/mol. The molecule has 0 aromatic heterocycles. The summed E-state index contributed by atoms with van der Waals surface area (Å²) in [4.78, 5) is 12.0. The molecule has 0 radical (unpaired) electrons. The molecule has 0 unspecified atom stereocenters. The number of hydrogen-bond acceptors (Lipinski definition) is 3. The van der Waals surface area contributed by atoms with Crippen LogP contribution >= 0.6 is 0 Å². The minimum absolute atomic E-state index is 0.0246. The van der Waals surface area contributed by atoms with Gasteiger partial charge in [0, 0.05) is 5.56 Å². The van der Waals surface area contributed by atoms with Gasteiger partial charge in [0.25, 0.3) is 5.91 Å². The maximum Gasteiger partial charge on any atom is 0.251 e. The topological polar surface area (TPSA) is 69.6 Å². The highest BCUT2D eigenvalue weighted by molar-refractivity contribution is 5.94. The van der Waals surface area contributed by atoms with Crippen molar-refractivity contribution in [3.8, 4) is 0 Å². The Bertz CT molecular complexity index is 402. The normalized spacial score (nSPS) is 23.7. The summed E-state index contributed by atoms with van der Waals surface area (Å²) in [5, 5.41) is 21.6. The third-order valence-electron chi connectivity index (χ3n) is 3.44. The number of nitrogens with one attached hydrogen (secondary N) is 1. The second-order valence-corrected chi connectivity index (χ2v) is 4.79. The predicted molar refractivity (Wildman–Crippen MR) is 68.1 cm³/mol. The molecule has 1 aromatic carbocycles. The Hall–Kier alpha value is -1.39. The lowest BCUT2D eigenvalue weighted by Crippen LogP contribution is -2.45. The van der Waals surface area contributed by atoms with E-state index in [1.807, 2.05) is 0 Å². The Morgan fingerprint density at radius 3 is 2.50 bits per heavy atom. The molecule has 4 heteroatoms. The molecule has 0 aliphatic heterocycles. The zero-order valence-electron chi connectivity index (χ0n) is 10.3. The molecule has 1 aliphatic carbocycles. The van der Waals surface area contributed by atoms with Crippen LogP contribution in [0.5, 0.6) is 0 Å². The summed E-state index contributed by atoms with van der Waals surface area (Å²) in [7, 11) is 0. The second-order valence-electron chi connectivity index (χ2n) is 4.79. The number of amides is 1. The Morgan fingerprint density at radius 1 is 1.22 bits per heavy atom. The molecule has 1 amide bonds. The van der Waals surface area contributed by atoms with Gasteiger partial charge in [0.1, 0.15) is 0 Å². The van der Waals surface area contributed by atoms with Gasteiger partial charge in [-0.2, -0.15) is 0 Å². The molecular weight excluding hydrogens is 230 g/mol. The van der Waals surface area contributed by atoms with Crippen LogP contribution in [0.2, 0.25) is 0 Å². The fourth-order valence-corrected chi connectivity index (χ4v) is 2.29. The minimum Gasteiger partial charge on any atom is -0.392 e. The first-order chi connectivity index (χ1) is 8.70. The highest BCUT2D eigenvalue weighted by Gasteiger charge is 2.24. The van der Waals surface area contributed by atoms with E-state index in [1.54, 1.807) is 24.3 Å². The second kappa shape index (κ2) is 5.98. The highest BCUT2D eigenvalue weighted by atomic mass is 16.3. The lowest BCUT2D eigenvalue weighted by molar-refractivity contribution is 0.0717. The lowest BCUT2D eigenvalue weighted by atomic mass is 9.92. The van der Waals surface area contributed by atoms with E-state index >= 15 is 0 Å². The molecule has 0 bridgehead atoms. The van der Waals surface area contributed by atoms with E-state index in [1.165, 1.54) is 0 Å². The summed E-state index contributed by atoms with van der Waals surface area (Å²) in [6, 6.07) is 6.70. The van der Waals surface area contributed by atoms with Crippen molar-refractivity contribution in [2.75, 3.05) is 0 Å². The molecule has 2 atom stereocenters. The van der Waals surface area contributed by atoms with Gasteiger partial charge in [-0.25, -0.2) is 0 Å². The van der Waals surface area contributed by atoms with Crippen LogP contribution in [-0.2, 0) is 6.61 Å². The first-order valence-corrected chi connectivity index (χ1v) is 6.39. The lowest BCUT2D eigenvalue weighted by Gasteiger charge is -2.28. The number of aliphatic hydroxyl groups excluding tert-OH is 2. The molecule has 0 spiro atoms. The Labute approximate surface area is 107 Å². The van der Waals surface area contributed by atoms with Crippen LogP contribution in [0.15, 0.2) is 24.3 Å². The molecule has 98 valence electrons. The van der Waals surface area contributed by atoms with E-state index in [9.17, 15) is 9.90 Å². The van der Waals surface area contributed by atoms with E-state index < -0.39 is 6.10 Å². The third-order valence-corrected chi connectivity index (χ3v) is 3.44. The molecule has 1 aromatic rings. The van der Waals surface area contributed by atoms with Gasteiger partial charge >= 0.3 is 0 Å². The van der Waals surface area contributed by atoms with Crippen LogP contribution in [0.3, 0.4) is 0 Å². The van der Waals surface area contributed by atoms with Crippen molar-refractivity contribution in [3.63, 3.8) is 0 Å². The van der Waals surface area contributed by atoms with Crippen LogP contribution < -0.4 is 5.32 Å². The first-order valence-electron chi connectivity index (χ1n) is 6.39. The van der Waals surface area contributed by atoms with E-state index in [0.29, 0.717) is 5.56 Å². The Morgan fingerprint density at radius 2 is 1.89 bits per heavy atom. The van der Waals surface area contributed by atoms with Gasteiger partial charge in [-0.3, -0.25) is 4.79 Å². The van der Waals surface area contributed by atoms with Gasteiger partial charge < -0.3 is 15.5 Å². The number of hydrogen-bond donors (Lipinski definition) is 3. The maximum absolute atomic E-state index is 12.0. The maximum atomic E-state index is 12.0. The smallest absolute Gasteiger partial charge is 0.251 e. The van der Waals surface area contributed by atoms with E-state index in [2.05, 4.69) is 5.32 Å². The minimum atomic E-state index is -0.431. The van der Waals surface area contributed by atoms with Crippen molar-refractivity contribution in [3.05, 3.63) is 35.4 Å². The number of carbonyl (C=O) groups excluding carboxylic acids is 1. The number of benzene rings is 1. The summed E-state index contributed by atoms with van der Waals surface area (Å²) >= 11 is 0. The van der Waals surface area contributed by atoms with Crippen molar-refractivity contribution in [1.29, 1.82) is 0 Å². The van der Waals surface area contributed by atoms with Gasteiger partial charge in [0.2, 0.25) is 0 Å². The Balaban J connectivity index is 1.97. The molecule has 18 heavy (non-hydrogen) atoms. The first kappa shape index (κ1) is 13.1. The standard InChI is InChI=1S/C14H19NO3/c16-9-10-5-7-11(8-6-10)14(18)15-12-3-1-2-4-13(12)17/h5-8,12-13,16-17H,1-4,9H2,(H,15,18)/t12-,13-/m0/s1. The quantitative estimate of drug-likeness (QED) is 0.754. The Kier molecular flexibility index (Phi) is 4.33. The zero-order chi connectivity index (χ0) is 13.0. The summed E-state index contributed by atoms with van der Waals surface area (Å²) in [5.41, 5.74) is 1.34. The molecule has 1 saturated carbocycles. The molecule has 4 nitrogen and oxygen atoms in total. The molecule has 1 aliphatic rings. The van der Waals surface area contributed by atoms with Crippen LogP contribution in [0.1, 0.15) is 41.6 Å². The van der Waals surface area contributed by atoms with Gasteiger partial charge in [-0.05, 0) is 30.5 Å². The molecule has 0 heterocycles. The van der Waals surface area contributed by atoms with E-state index in [-0.39, 0.29) is 18.6 Å². The fourth-order valence-electron chi connectivity index (χ4n) is 2.29. The van der Waals surface area contributed by atoms with Crippen molar-refractivity contribution >= 4 is 5.91 Å². The third kappa shape index (κ3) is 3.09. The van der Waals surface area contributed by atoms with Crippen molar-refractivity contribution in [2.45, 2.75) is 44.4 Å². The molecular formula is C14H19NO3. The summed E-state index contributed by atoms with van der Waals surface area (Å²) < 4.78 is 0. The van der Waals surface area contributed by atoms with Crippen LogP contribution in [-0.4, -0.2) is 28.3 Å². The van der Waals surface area contributed by atoms with Crippen LogP contribution in [0.4, 0.5) is 0 Å². The van der Waals surface area contributed by atoms with Gasteiger partial charge in [-0.15, -0.1) is 0 Å². The summed E-state index contributed by atoms with van der Waals surface area (Å²) in [6.45, 7) is -0.0246. The SMILES string of the molecule is O=C(N[C@H]1CCCC[C@@H]1O)c1ccc(CO)cc1. The molecule has 1 fully saturated rings. The summed E-state index contributed by atoms with van der Waals surface area (Å²) in [6.07, 6.45) is 3.24. The van der Waals surface area contributed by atoms with Crippen LogP contribution in [0, 0.1) is 0 Å². The fraction of sp³-hybridized carbons (Fsp3) is 0.500. The number of aliphatic hydroxyl groups is 2. The number of carbonyl (C=O) groups is 1. The van der Waals surface area contributed by atoms with E-state index in [0.717, 1.165) is 31.2 Å². The van der Waals surface area contributed by atoms with Gasteiger partial charge in [-0.1, -0.05) is 25.0 Å². The average Bonchev–Trinajstić information content (AvgIpc) is 2.41. The van der Waals surface area contributed by atoms with Crippen molar-refractivity contribution in [1.82, 2.24) is 5.32 Å². The van der Waals surface area contributed by atoms with E-state index in [4.69, 9.17) is 5.11 Å². The predicted octanol–water partition coefficient (Wildman–Crippen LogP) is 1.21. The highest BCUT2D eigenvalue weighted by Crippen LogP contribution is 2.18. The summed E-state index contributed by atoms with van der Waals surface area (Å²) in [5.74, 6) is -0.162. The van der Waals surface area contributed by atoms with Crippen LogP contribution in [0.25, 0.3) is 0 Å². The van der Waals surface area contributed by atoms with Gasteiger partial charge in [0.15, 0.2) is 0 Å². The van der Waals surface area contributed by atoms with Gasteiger partial charge in [0.05, 0.1) is 18.8 Å². The van der Waals surface area contributed by atoms with Crippen molar-refractivity contribution < 1.29 is 15.0 Å². The molecule has 3 N–H and O–H groups in total. The number of rotatable bonds is 3. The largest absolute Gasteiger partial charge is 0.392 e. The zero-order valence-corrected chi connectivity index (χ0v) is 10.3. The molecule has 2 rings (SSSR count). The monoisotopic (exact) mass is 249 g/mol.